The van der Waals surface area contributed by atoms with Gasteiger partial charge in [-0.05, 0) is 101 Å². The van der Waals surface area contributed by atoms with E-state index in [1.807, 2.05) is 0 Å². The Kier molecular flexibility index (Phi) is 9.07. The predicted molar refractivity (Wildman–Crippen MR) is 208 cm³/mol. The normalized spacial score (nSPS) is 18.7. The molecule has 1 heteroatoms. The highest BCUT2D eigenvalue weighted by Gasteiger charge is 2.25. The molecule has 3 atom stereocenters. The molecule has 0 spiro atoms. The number of aryl methyl sites for hydroxylation is 1. The van der Waals surface area contributed by atoms with Crippen molar-refractivity contribution in [2.45, 2.75) is 43.9 Å². The van der Waals surface area contributed by atoms with E-state index in [1.165, 1.54) is 55.7 Å². The molecule has 5 aromatic rings. The van der Waals surface area contributed by atoms with Gasteiger partial charge in [0.05, 0.1) is 0 Å². The van der Waals surface area contributed by atoms with Crippen LogP contribution in [0.25, 0.3) is 10.8 Å². The molecule has 8 rings (SSSR count). The van der Waals surface area contributed by atoms with Crippen molar-refractivity contribution >= 4 is 16.5 Å². The van der Waals surface area contributed by atoms with Gasteiger partial charge in [0.25, 0.3) is 0 Å². The molecule has 3 unspecified atom stereocenters. The molecule has 49 heavy (non-hydrogen) atoms. The summed E-state index contributed by atoms with van der Waals surface area (Å²) in [6, 6.07) is 46.9. The quantitative estimate of drug-likeness (QED) is 0.148. The molecule has 0 fully saturated rings. The number of hydrogen-bond acceptors (Lipinski definition) is 1. The van der Waals surface area contributed by atoms with Crippen molar-refractivity contribution in [2.75, 3.05) is 4.90 Å². The van der Waals surface area contributed by atoms with Crippen LogP contribution in [0.5, 0.6) is 0 Å². The van der Waals surface area contributed by atoms with Crippen LogP contribution in [-0.4, -0.2) is 0 Å². The third kappa shape index (κ3) is 6.80. The maximum Gasteiger partial charge on any atom is 0.0496 e. The summed E-state index contributed by atoms with van der Waals surface area (Å²) >= 11 is 0. The Morgan fingerprint density at radius 3 is 2.22 bits per heavy atom. The van der Waals surface area contributed by atoms with E-state index in [1.54, 1.807) is 0 Å². The first-order valence-corrected chi connectivity index (χ1v) is 17.9. The molecule has 0 heterocycles. The fraction of sp³-hybridized carbons (Fsp3) is 0.167. The molecule has 0 saturated carbocycles. The number of nitrogens with zero attached hydrogens (tertiary/aromatic N) is 1. The summed E-state index contributed by atoms with van der Waals surface area (Å²) in [7, 11) is 0. The molecule has 0 saturated heterocycles. The minimum absolute atomic E-state index is 0.378. The summed E-state index contributed by atoms with van der Waals surface area (Å²) in [5, 5.41) is 2.70. The molecular formula is C48H43N. The molecule has 5 aromatic carbocycles. The average Bonchev–Trinajstić information content (AvgIpc) is 3.18. The fourth-order valence-corrected chi connectivity index (χ4v) is 7.84. The summed E-state index contributed by atoms with van der Waals surface area (Å²) in [6.45, 7) is 0. The van der Waals surface area contributed by atoms with Crippen LogP contribution in [0.3, 0.4) is 0 Å². The van der Waals surface area contributed by atoms with E-state index >= 15 is 0 Å². The van der Waals surface area contributed by atoms with E-state index in [2.05, 4.69) is 187 Å². The highest BCUT2D eigenvalue weighted by atomic mass is 15.2. The van der Waals surface area contributed by atoms with Gasteiger partial charge in [-0.3, -0.25) is 0 Å². The molecule has 0 aromatic heterocycles. The summed E-state index contributed by atoms with van der Waals surface area (Å²) in [5.41, 5.74) is 10.8. The Hall–Kier alpha value is -5.40. The SMILES string of the molecule is C1=CC2=C(N(C3=CCC(c4ccc(CCC(Cc5cccc6ccccc56)c5ccccc5)cc4)C=C3)c3ccccc3)C=CCC2C=C1. The van der Waals surface area contributed by atoms with Crippen molar-refractivity contribution in [3.8, 4) is 0 Å². The van der Waals surface area contributed by atoms with Crippen LogP contribution in [-0.2, 0) is 12.8 Å². The molecule has 0 bridgehead atoms. The van der Waals surface area contributed by atoms with Crippen molar-refractivity contribution in [1.29, 1.82) is 0 Å². The molecule has 0 amide bonds. The van der Waals surface area contributed by atoms with E-state index in [-0.39, 0.29) is 0 Å². The third-order valence-electron chi connectivity index (χ3n) is 10.5. The molecule has 3 aliphatic carbocycles. The summed E-state index contributed by atoms with van der Waals surface area (Å²) in [6.07, 6.45) is 26.1. The van der Waals surface area contributed by atoms with Crippen molar-refractivity contribution < 1.29 is 0 Å². The van der Waals surface area contributed by atoms with Gasteiger partial charge in [0.15, 0.2) is 0 Å². The van der Waals surface area contributed by atoms with Crippen LogP contribution in [0, 0.1) is 5.92 Å². The lowest BCUT2D eigenvalue weighted by Gasteiger charge is -2.34. The van der Waals surface area contributed by atoms with Gasteiger partial charge < -0.3 is 4.90 Å². The first-order chi connectivity index (χ1) is 24.3. The van der Waals surface area contributed by atoms with Gasteiger partial charge in [-0.25, -0.2) is 0 Å². The number of anilines is 1. The Labute approximate surface area is 291 Å². The fourth-order valence-electron chi connectivity index (χ4n) is 7.84. The lowest BCUT2D eigenvalue weighted by atomic mass is 9.85. The topological polar surface area (TPSA) is 3.24 Å². The van der Waals surface area contributed by atoms with E-state index in [4.69, 9.17) is 0 Å². The van der Waals surface area contributed by atoms with Crippen LogP contribution < -0.4 is 4.90 Å². The Morgan fingerprint density at radius 2 is 1.41 bits per heavy atom. The van der Waals surface area contributed by atoms with E-state index in [9.17, 15) is 0 Å². The molecule has 0 N–H and O–H groups in total. The Morgan fingerprint density at radius 1 is 0.633 bits per heavy atom. The van der Waals surface area contributed by atoms with Crippen LogP contribution in [0.1, 0.15) is 53.4 Å². The summed E-state index contributed by atoms with van der Waals surface area (Å²) in [5.74, 6) is 1.29. The highest BCUT2D eigenvalue weighted by Crippen LogP contribution is 2.38. The molecule has 240 valence electrons. The lowest BCUT2D eigenvalue weighted by molar-refractivity contribution is 0.623. The van der Waals surface area contributed by atoms with Crippen LogP contribution >= 0.6 is 0 Å². The van der Waals surface area contributed by atoms with Crippen molar-refractivity contribution in [3.05, 3.63) is 221 Å². The Bertz CT molecular complexity index is 2080. The van der Waals surface area contributed by atoms with Gasteiger partial charge in [0.2, 0.25) is 0 Å². The number of allylic oxidation sites excluding steroid dienone is 10. The second kappa shape index (κ2) is 14.4. The zero-order chi connectivity index (χ0) is 32.8. The van der Waals surface area contributed by atoms with Crippen molar-refractivity contribution in [3.63, 3.8) is 0 Å². The van der Waals surface area contributed by atoms with Gasteiger partial charge in [-0.1, -0.05) is 158 Å². The zero-order valence-corrected chi connectivity index (χ0v) is 28.0. The number of benzene rings is 5. The van der Waals surface area contributed by atoms with Gasteiger partial charge >= 0.3 is 0 Å². The largest absolute Gasteiger partial charge is 0.311 e. The minimum atomic E-state index is 0.378. The van der Waals surface area contributed by atoms with E-state index in [0.29, 0.717) is 17.8 Å². The summed E-state index contributed by atoms with van der Waals surface area (Å²) in [4.78, 5) is 2.44. The smallest absolute Gasteiger partial charge is 0.0496 e. The second-order valence-electron chi connectivity index (χ2n) is 13.6. The van der Waals surface area contributed by atoms with Gasteiger partial charge in [0.1, 0.15) is 0 Å². The van der Waals surface area contributed by atoms with E-state index in [0.717, 1.165) is 32.1 Å². The molecule has 0 radical (unpaired) electrons. The standard InChI is InChI=1S/C48H43N/c1-3-13-37(14-4-1)42(35-43-19-11-17-40-15-7-9-22-46(40)43)30-27-36-25-28-38(29-26-36)39-31-33-45(34-32-39)49(44-20-5-2-6-21-44)48-24-12-18-41-16-8-10-23-47(41)48/h1-17,19-26,28-29,31,33-34,39,41-42H,18,27,30,32,35H2. The highest BCUT2D eigenvalue weighted by molar-refractivity contribution is 5.85. The van der Waals surface area contributed by atoms with Crippen LogP contribution in [0.4, 0.5) is 5.69 Å². The van der Waals surface area contributed by atoms with Crippen LogP contribution in [0.15, 0.2) is 199 Å². The molecule has 3 aliphatic rings. The maximum atomic E-state index is 2.44. The van der Waals surface area contributed by atoms with Crippen LogP contribution in [0.2, 0.25) is 0 Å². The monoisotopic (exact) mass is 633 g/mol. The van der Waals surface area contributed by atoms with Gasteiger partial charge in [-0.2, -0.15) is 0 Å². The molecule has 1 nitrogen and oxygen atoms in total. The predicted octanol–water partition coefficient (Wildman–Crippen LogP) is 12.2. The van der Waals surface area contributed by atoms with Crippen molar-refractivity contribution in [1.82, 2.24) is 0 Å². The third-order valence-corrected chi connectivity index (χ3v) is 10.5. The molecular weight excluding hydrogens is 591 g/mol. The average molecular weight is 634 g/mol. The van der Waals surface area contributed by atoms with Crippen molar-refractivity contribution in [2.24, 2.45) is 5.92 Å². The number of rotatable bonds is 10. The maximum absolute atomic E-state index is 2.44. The van der Waals surface area contributed by atoms with Gasteiger partial charge in [0, 0.05) is 28.9 Å². The Balaban J connectivity index is 0.975. The zero-order valence-electron chi connectivity index (χ0n) is 28.0. The van der Waals surface area contributed by atoms with E-state index < -0.39 is 0 Å². The number of fused-ring (bicyclic) bond motifs is 2. The summed E-state index contributed by atoms with van der Waals surface area (Å²) < 4.78 is 0. The molecule has 0 aliphatic heterocycles. The first kappa shape index (κ1) is 30.9. The number of hydrogen-bond donors (Lipinski definition) is 0. The number of para-hydroxylation sites is 1. The van der Waals surface area contributed by atoms with Gasteiger partial charge in [-0.15, -0.1) is 0 Å². The lowest BCUT2D eigenvalue weighted by Crippen LogP contribution is -2.25. The minimum Gasteiger partial charge on any atom is -0.311 e. The second-order valence-corrected chi connectivity index (χ2v) is 13.6. The first-order valence-electron chi connectivity index (χ1n) is 17.9.